The molecule has 0 atom stereocenters. The molecule has 0 aliphatic carbocycles. The molecule has 2 aromatic carbocycles. The quantitative estimate of drug-likeness (QED) is 0.758. The van der Waals surface area contributed by atoms with Crippen LogP contribution >= 0.6 is 0 Å². The van der Waals surface area contributed by atoms with Crippen LogP contribution in [0.5, 0.6) is 0 Å². The normalized spacial score (nSPS) is 10.9. The van der Waals surface area contributed by atoms with Gasteiger partial charge in [0.05, 0.1) is 0 Å². The molecule has 3 rings (SSSR count). The van der Waals surface area contributed by atoms with E-state index in [0.29, 0.717) is 6.54 Å². The molecule has 0 aliphatic rings. The standard InChI is InChI=1S/C16H14F2N2/c17-13-2-1-3-15(11-13)19-7-9-20-8-6-12-10-14(18)4-5-16(12)20/h1-6,8,10-11,19H,7,9H2. The van der Waals surface area contributed by atoms with E-state index in [2.05, 4.69) is 5.32 Å². The highest BCUT2D eigenvalue weighted by Gasteiger charge is 2.02. The van der Waals surface area contributed by atoms with Gasteiger partial charge in [-0.25, -0.2) is 8.78 Å². The molecule has 0 saturated heterocycles. The Kier molecular flexibility index (Phi) is 3.37. The van der Waals surface area contributed by atoms with Gasteiger partial charge in [-0.15, -0.1) is 0 Å². The van der Waals surface area contributed by atoms with E-state index in [1.165, 1.54) is 24.3 Å². The second kappa shape index (κ2) is 5.33. The largest absolute Gasteiger partial charge is 0.383 e. The molecule has 0 amide bonds. The number of fused-ring (bicyclic) bond motifs is 1. The highest BCUT2D eigenvalue weighted by molar-refractivity contribution is 5.80. The first-order valence-corrected chi connectivity index (χ1v) is 6.46. The van der Waals surface area contributed by atoms with E-state index in [0.717, 1.165) is 23.1 Å². The first-order chi connectivity index (χ1) is 9.72. The minimum absolute atomic E-state index is 0.229. The molecule has 0 saturated carbocycles. The Labute approximate surface area is 115 Å². The van der Waals surface area contributed by atoms with Crippen molar-refractivity contribution in [1.82, 2.24) is 4.57 Å². The van der Waals surface area contributed by atoms with Crippen molar-refractivity contribution in [3.63, 3.8) is 0 Å². The van der Waals surface area contributed by atoms with Crippen LogP contribution in [0.15, 0.2) is 54.7 Å². The first-order valence-electron chi connectivity index (χ1n) is 6.46. The molecule has 102 valence electrons. The summed E-state index contributed by atoms with van der Waals surface area (Å²) < 4.78 is 28.2. The van der Waals surface area contributed by atoms with Crippen molar-refractivity contribution < 1.29 is 8.78 Å². The Hall–Kier alpha value is -2.36. The van der Waals surface area contributed by atoms with Crippen molar-refractivity contribution in [3.8, 4) is 0 Å². The second-order valence-electron chi connectivity index (χ2n) is 4.65. The zero-order chi connectivity index (χ0) is 13.9. The van der Waals surface area contributed by atoms with E-state index in [9.17, 15) is 8.78 Å². The predicted octanol–water partition coefficient (Wildman–Crippen LogP) is 4.03. The van der Waals surface area contributed by atoms with Crippen LogP contribution in [0.4, 0.5) is 14.5 Å². The summed E-state index contributed by atoms with van der Waals surface area (Å²) in [6, 6.07) is 13.0. The smallest absolute Gasteiger partial charge is 0.125 e. The van der Waals surface area contributed by atoms with Crippen molar-refractivity contribution in [3.05, 3.63) is 66.4 Å². The summed E-state index contributed by atoms with van der Waals surface area (Å²) in [5.74, 6) is -0.481. The van der Waals surface area contributed by atoms with Crippen LogP contribution in [0.1, 0.15) is 0 Å². The fourth-order valence-corrected chi connectivity index (χ4v) is 2.29. The van der Waals surface area contributed by atoms with Crippen LogP contribution in [0.25, 0.3) is 10.9 Å². The molecule has 0 radical (unpaired) electrons. The topological polar surface area (TPSA) is 17.0 Å². The maximum Gasteiger partial charge on any atom is 0.125 e. The van der Waals surface area contributed by atoms with Crippen LogP contribution < -0.4 is 5.32 Å². The third kappa shape index (κ3) is 2.64. The van der Waals surface area contributed by atoms with Crippen molar-refractivity contribution in [2.24, 2.45) is 0 Å². The van der Waals surface area contributed by atoms with Gasteiger partial charge in [0.15, 0.2) is 0 Å². The van der Waals surface area contributed by atoms with Gasteiger partial charge in [-0.1, -0.05) is 6.07 Å². The number of nitrogens with zero attached hydrogens (tertiary/aromatic N) is 1. The summed E-state index contributed by atoms with van der Waals surface area (Å²) in [6.45, 7) is 1.40. The summed E-state index contributed by atoms with van der Waals surface area (Å²) in [5.41, 5.74) is 1.75. The van der Waals surface area contributed by atoms with Crippen molar-refractivity contribution in [2.75, 3.05) is 11.9 Å². The molecular formula is C16H14F2N2. The molecular weight excluding hydrogens is 258 g/mol. The molecule has 20 heavy (non-hydrogen) atoms. The van der Waals surface area contributed by atoms with Crippen molar-refractivity contribution in [2.45, 2.75) is 6.54 Å². The molecule has 3 aromatic rings. The predicted molar refractivity (Wildman–Crippen MR) is 76.8 cm³/mol. The van der Waals surface area contributed by atoms with E-state index in [1.54, 1.807) is 12.1 Å². The lowest BCUT2D eigenvalue weighted by atomic mass is 10.2. The summed E-state index contributed by atoms with van der Waals surface area (Å²) in [6.07, 6.45) is 1.93. The average molecular weight is 272 g/mol. The Balaban J connectivity index is 1.68. The van der Waals surface area contributed by atoms with E-state index in [1.807, 2.05) is 22.9 Å². The SMILES string of the molecule is Fc1cccc(NCCn2ccc3cc(F)ccc32)c1. The van der Waals surface area contributed by atoms with Gasteiger partial charge in [0.25, 0.3) is 0 Å². The van der Waals surface area contributed by atoms with E-state index in [-0.39, 0.29) is 11.6 Å². The highest BCUT2D eigenvalue weighted by atomic mass is 19.1. The Morgan fingerprint density at radius 3 is 2.65 bits per heavy atom. The number of rotatable bonds is 4. The van der Waals surface area contributed by atoms with Crippen molar-refractivity contribution in [1.29, 1.82) is 0 Å². The molecule has 1 heterocycles. The second-order valence-corrected chi connectivity index (χ2v) is 4.65. The Morgan fingerprint density at radius 1 is 0.950 bits per heavy atom. The van der Waals surface area contributed by atoms with Crippen LogP contribution in [0.3, 0.4) is 0 Å². The number of benzene rings is 2. The maximum atomic E-state index is 13.1. The minimum Gasteiger partial charge on any atom is -0.383 e. The average Bonchev–Trinajstić information content (AvgIpc) is 2.81. The van der Waals surface area contributed by atoms with Gasteiger partial charge in [-0.3, -0.25) is 0 Å². The fraction of sp³-hybridized carbons (Fsp3) is 0.125. The first kappa shape index (κ1) is 12.7. The molecule has 0 spiro atoms. The maximum absolute atomic E-state index is 13.1. The Bertz CT molecular complexity index is 734. The Morgan fingerprint density at radius 2 is 1.80 bits per heavy atom. The molecule has 0 bridgehead atoms. The number of aromatic nitrogens is 1. The molecule has 2 nitrogen and oxygen atoms in total. The van der Waals surface area contributed by atoms with Crippen LogP contribution in [0.2, 0.25) is 0 Å². The third-order valence-corrected chi connectivity index (χ3v) is 3.24. The number of halogens is 2. The molecule has 0 aliphatic heterocycles. The molecule has 1 aromatic heterocycles. The monoisotopic (exact) mass is 272 g/mol. The molecule has 0 unspecified atom stereocenters. The number of hydrogen-bond acceptors (Lipinski definition) is 1. The van der Waals surface area contributed by atoms with Gasteiger partial charge in [-0.2, -0.15) is 0 Å². The lowest BCUT2D eigenvalue weighted by molar-refractivity contribution is 0.628. The van der Waals surface area contributed by atoms with Gasteiger partial charge in [0.1, 0.15) is 11.6 Å². The van der Waals surface area contributed by atoms with Crippen molar-refractivity contribution >= 4 is 16.6 Å². The minimum atomic E-state index is -0.253. The fourth-order valence-electron chi connectivity index (χ4n) is 2.29. The summed E-state index contributed by atoms with van der Waals surface area (Å²) in [5, 5.41) is 4.05. The van der Waals surface area contributed by atoms with Crippen LogP contribution in [0, 0.1) is 11.6 Å². The lowest BCUT2D eigenvalue weighted by Crippen LogP contribution is -2.09. The number of hydrogen-bond donors (Lipinski definition) is 1. The van der Waals surface area contributed by atoms with Crippen LogP contribution in [-0.4, -0.2) is 11.1 Å². The number of anilines is 1. The molecule has 4 heteroatoms. The summed E-state index contributed by atoms with van der Waals surface area (Å²) in [4.78, 5) is 0. The molecule has 0 fully saturated rings. The third-order valence-electron chi connectivity index (χ3n) is 3.24. The van der Waals surface area contributed by atoms with E-state index < -0.39 is 0 Å². The summed E-state index contributed by atoms with van der Waals surface area (Å²) >= 11 is 0. The van der Waals surface area contributed by atoms with Gasteiger partial charge in [0.2, 0.25) is 0 Å². The zero-order valence-corrected chi connectivity index (χ0v) is 10.8. The van der Waals surface area contributed by atoms with Gasteiger partial charge >= 0.3 is 0 Å². The highest BCUT2D eigenvalue weighted by Crippen LogP contribution is 2.17. The lowest BCUT2D eigenvalue weighted by Gasteiger charge is -2.08. The van der Waals surface area contributed by atoms with Gasteiger partial charge < -0.3 is 9.88 Å². The van der Waals surface area contributed by atoms with Gasteiger partial charge in [-0.05, 0) is 42.5 Å². The zero-order valence-electron chi connectivity index (χ0n) is 10.8. The molecule has 1 N–H and O–H groups in total. The van der Waals surface area contributed by atoms with Crippen LogP contribution in [-0.2, 0) is 6.54 Å². The van der Waals surface area contributed by atoms with E-state index in [4.69, 9.17) is 0 Å². The number of nitrogens with one attached hydrogen (secondary N) is 1. The van der Waals surface area contributed by atoms with Gasteiger partial charge in [0, 0.05) is 35.9 Å². The van der Waals surface area contributed by atoms with E-state index >= 15 is 0 Å². The summed E-state index contributed by atoms with van der Waals surface area (Å²) in [7, 11) is 0.